The molecule has 72 valence electrons. The van der Waals surface area contributed by atoms with Crippen LogP contribution in [0.15, 0.2) is 18.2 Å². The Morgan fingerprint density at radius 2 is 2.00 bits per heavy atom. The van der Waals surface area contributed by atoms with Crippen molar-refractivity contribution in [3.8, 4) is 0 Å². The van der Waals surface area contributed by atoms with E-state index in [0.29, 0.717) is 24.4 Å². The number of anilines is 1. The Balaban J connectivity index is 2.44. The van der Waals surface area contributed by atoms with Crippen LogP contribution in [0.25, 0.3) is 0 Å². The van der Waals surface area contributed by atoms with Crippen LogP contribution in [-0.4, -0.2) is 21.1 Å². The first-order valence-electron chi connectivity index (χ1n) is 4.55. The molecule has 0 aromatic heterocycles. The molecule has 0 spiro atoms. The lowest BCUT2D eigenvalue weighted by molar-refractivity contribution is -0.149. The van der Waals surface area contributed by atoms with E-state index in [1.165, 1.54) is 0 Å². The summed E-state index contributed by atoms with van der Waals surface area (Å²) < 4.78 is 11.0. The highest BCUT2D eigenvalue weighted by Gasteiger charge is 2.34. The molecular formula is C10H12BNO2. The Kier molecular flexibility index (Phi) is 2.25. The predicted octanol–water partition coefficient (Wildman–Crippen LogP) is 0.282. The van der Waals surface area contributed by atoms with Gasteiger partial charge in [-0.3, -0.25) is 0 Å². The zero-order valence-corrected chi connectivity index (χ0v) is 8.12. The van der Waals surface area contributed by atoms with E-state index in [4.69, 9.17) is 23.1 Å². The summed E-state index contributed by atoms with van der Waals surface area (Å²) in [6.45, 7) is 3.03. The molecule has 0 saturated carbocycles. The van der Waals surface area contributed by atoms with Crippen LogP contribution in [0.3, 0.4) is 0 Å². The van der Waals surface area contributed by atoms with Crippen molar-refractivity contribution < 1.29 is 9.47 Å². The van der Waals surface area contributed by atoms with E-state index in [-0.39, 0.29) is 0 Å². The second kappa shape index (κ2) is 3.30. The molecule has 0 unspecified atom stereocenters. The van der Waals surface area contributed by atoms with E-state index in [9.17, 15) is 0 Å². The van der Waals surface area contributed by atoms with E-state index < -0.39 is 5.79 Å². The van der Waals surface area contributed by atoms with E-state index >= 15 is 0 Å². The van der Waals surface area contributed by atoms with Gasteiger partial charge in [0.05, 0.1) is 13.2 Å². The Hall–Kier alpha value is -0.995. The minimum Gasteiger partial charge on any atom is -0.398 e. The third-order valence-corrected chi connectivity index (χ3v) is 2.40. The highest BCUT2D eigenvalue weighted by molar-refractivity contribution is 6.32. The summed E-state index contributed by atoms with van der Waals surface area (Å²) in [5, 5.41) is 0. The van der Waals surface area contributed by atoms with Crippen LogP contribution in [0, 0.1) is 0 Å². The van der Waals surface area contributed by atoms with Gasteiger partial charge in [0.15, 0.2) is 5.79 Å². The molecular weight excluding hydrogens is 177 g/mol. The van der Waals surface area contributed by atoms with Gasteiger partial charge in [0.2, 0.25) is 0 Å². The summed E-state index contributed by atoms with van der Waals surface area (Å²) in [5.74, 6) is -0.737. The van der Waals surface area contributed by atoms with Crippen molar-refractivity contribution in [3.63, 3.8) is 0 Å². The third kappa shape index (κ3) is 1.51. The molecule has 0 aliphatic carbocycles. The molecule has 2 radical (unpaired) electrons. The molecule has 1 aromatic carbocycles. The largest absolute Gasteiger partial charge is 0.398 e. The topological polar surface area (TPSA) is 44.5 Å². The van der Waals surface area contributed by atoms with Crippen LogP contribution in [0.5, 0.6) is 0 Å². The number of benzene rings is 1. The van der Waals surface area contributed by atoms with Crippen LogP contribution in [-0.2, 0) is 15.3 Å². The zero-order chi connectivity index (χ0) is 10.2. The van der Waals surface area contributed by atoms with Gasteiger partial charge in [0, 0.05) is 11.3 Å². The van der Waals surface area contributed by atoms with Crippen LogP contribution in [0.4, 0.5) is 5.69 Å². The Labute approximate surface area is 84.6 Å². The number of nitrogen functional groups attached to an aromatic ring is 1. The first-order chi connectivity index (χ1) is 6.62. The van der Waals surface area contributed by atoms with Crippen molar-refractivity contribution >= 4 is 19.0 Å². The zero-order valence-electron chi connectivity index (χ0n) is 8.12. The molecule has 3 nitrogen and oxygen atoms in total. The Morgan fingerprint density at radius 3 is 2.64 bits per heavy atom. The fourth-order valence-electron chi connectivity index (χ4n) is 1.64. The highest BCUT2D eigenvalue weighted by Crippen LogP contribution is 2.33. The molecule has 1 aliphatic rings. The standard InChI is InChI=1S/C10H12BNO2/c1-10(13-4-5-14-10)8-6-7(11)2-3-9(8)12/h2-3,6H,4-5,12H2,1H3. The number of ether oxygens (including phenoxy) is 2. The first kappa shape index (κ1) is 9.56. The average Bonchev–Trinajstić information content (AvgIpc) is 2.58. The van der Waals surface area contributed by atoms with Crippen molar-refractivity contribution in [2.75, 3.05) is 18.9 Å². The van der Waals surface area contributed by atoms with Gasteiger partial charge in [0.25, 0.3) is 0 Å². The van der Waals surface area contributed by atoms with Crippen molar-refractivity contribution in [1.82, 2.24) is 0 Å². The van der Waals surface area contributed by atoms with E-state index in [2.05, 4.69) is 0 Å². The van der Waals surface area contributed by atoms with Gasteiger partial charge < -0.3 is 15.2 Å². The van der Waals surface area contributed by atoms with Crippen molar-refractivity contribution in [2.24, 2.45) is 0 Å². The summed E-state index contributed by atoms with van der Waals surface area (Å²) in [7, 11) is 5.69. The van der Waals surface area contributed by atoms with Crippen molar-refractivity contribution in [2.45, 2.75) is 12.7 Å². The lowest BCUT2D eigenvalue weighted by Crippen LogP contribution is -2.25. The number of rotatable bonds is 1. The minimum atomic E-state index is -0.737. The maximum atomic E-state index is 5.84. The van der Waals surface area contributed by atoms with E-state index in [1.54, 1.807) is 18.2 Å². The van der Waals surface area contributed by atoms with Crippen molar-refractivity contribution in [1.29, 1.82) is 0 Å². The maximum absolute atomic E-state index is 5.84. The van der Waals surface area contributed by atoms with Gasteiger partial charge in [-0.25, -0.2) is 0 Å². The first-order valence-corrected chi connectivity index (χ1v) is 4.55. The maximum Gasteiger partial charge on any atom is 0.194 e. The summed E-state index contributed by atoms with van der Waals surface area (Å²) in [6, 6.07) is 5.32. The molecule has 4 heteroatoms. The fourth-order valence-corrected chi connectivity index (χ4v) is 1.64. The monoisotopic (exact) mass is 189 g/mol. The van der Waals surface area contributed by atoms with E-state index in [0.717, 1.165) is 5.56 Å². The molecule has 1 fully saturated rings. The number of hydrogen-bond donors (Lipinski definition) is 1. The lowest BCUT2D eigenvalue weighted by Gasteiger charge is -2.24. The number of hydrogen-bond acceptors (Lipinski definition) is 3. The SMILES string of the molecule is [B]c1ccc(N)c(C2(C)OCCO2)c1. The van der Waals surface area contributed by atoms with Crippen LogP contribution in [0.2, 0.25) is 0 Å². The van der Waals surface area contributed by atoms with Crippen molar-refractivity contribution in [3.05, 3.63) is 23.8 Å². The molecule has 14 heavy (non-hydrogen) atoms. The van der Waals surface area contributed by atoms with E-state index in [1.807, 2.05) is 6.92 Å². The normalized spacial score (nSPS) is 19.8. The van der Waals surface area contributed by atoms with Crippen LogP contribution in [0.1, 0.15) is 12.5 Å². The summed E-state index contributed by atoms with van der Waals surface area (Å²) in [5.41, 5.74) is 7.94. The fraction of sp³-hybridized carbons (Fsp3) is 0.400. The highest BCUT2D eigenvalue weighted by atomic mass is 16.7. The summed E-state index contributed by atoms with van der Waals surface area (Å²) in [6.07, 6.45) is 0. The van der Waals surface area contributed by atoms with Gasteiger partial charge in [0.1, 0.15) is 7.85 Å². The average molecular weight is 189 g/mol. The van der Waals surface area contributed by atoms with Crippen LogP contribution < -0.4 is 11.2 Å². The molecule has 1 aromatic rings. The molecule has 0 bridgehead atoms. The molecule has 1 aliphatic heterocycles. The smallest absolute Gasteiger partial charge is 0.194 e. The van der Waals surface area contributed by atoms with Gasteiger partial charge in [-0.05, 0) is 13.0 Å². The van der Waals surface area contributed by atoms with Gasteiger partial charge in [-0.2, -0.15) is 0 Å². The molecule has 2 rings (SSSR count). The Bertz CT molecular complexity index is 348. The molecule has 1 heterocycles. The van der Waals surface area contributed by atoms with Crippen LogP contribution >= 0.6 is 0 Å². The van der Waals surface area contributed by atoms with Gasteiger partial charge >= 0.3 is 0 Å². The lowest BCUT2D eigenvalue weighted by atomic mass is 9.91. The quantitative estimate of drug-likeness (QED) is 0.509. The minimum absolute atomic E-state index is 0.588. The summed E-state index contributed by atoms with van der Waals surface area (Å²) >= 11 is 0. The molecule has 0 amide bonds. The molecule has 0 atom stereocenters. The second-order valence-electron chi connectivity index (χ2n) is 3.49. The third-order valence-electron chi connectivity index (χ3n) is 2.40. The Morgan fingerprint density at radius 1 is 1.36 bits per heavy atom. The molecule has 2 N–H and O–H groups in total. The second-order valence-corrected chi connectivity index (χ2v) is 3.49. The predicted molar refractivity (Wildman–Crippen MR) is 55.5 cm³/mol. The number of nitrogens with two attached hydrogens (primary N) is 1. The summed E-state index contributed by atoms with van der Waals surface area (Å²) in [4.78, 5) is 0. The van der Waals surface area contributed by atoms with Gasteiger partial charge in [-0.15, -0.1) is 0 Å². The van der Waals surface area contributed by atoms with Gasteiger partial charge in [-0.1, -0.05) is 17.6 Å². The molecule has 1 saturated heterocycles.